The molecule has 24 heavy (non-hydrogen) atoms. The number of aliphatic hydroxyl groups excluding tert-OH is 2. The lowest BCUT2D eigenvalue weighted by molar-refractivity contribution is 0.0911. The van der Waals surface area contributed by atoms with Crippen LogP contribution in [0.4, 0.5) is 5.82 Å². The van der Waals surface area contributed by atoms with Crippen LogP contribution in [0.1, 0.15) is 45.7 Å². The Morgan fingerprint density at radius 3 is 2.75 bits per heavy atom. The van der Waals surface area contributed by atoms with E-state index >= 15 is 0 Å². The molecule has 0 saturated carbocycles. The molecule has 0 radical (unpaired) electrons. The molecule has 3 N–H and O–H groups in total. The fourth-order valence-corrected chi connectivity index (χ4v) is 2.66. The van der Waals surface area contributed by atoms with Crippen molar-refractivity contribution in [2.45, 2.75) is 59.1 Å². The molecule has 0 aliphatic rings. The van der Waals surface area contributed by atoms with Gasteiger partial charge in [-0.25, -0.2) is 14.6 Å². The maximum atomic E-state index is 9.48. The van der Waals surface area contributed by atoms with E-state index in [0.29, 0.717) is 18.9 Å². The summed E-state index contributed by atoms with van der Waals surface area (Å²) in [5.74, 6) is 1.25. The highest BCUT2D eigenvalue weighted by Gasteiger charge is 2.17. The van der Waals surface area contributed by atoms with Crippen LogP contribution in [0.2, 0.25) is 0 Å². The summed E-state index contributed by atoms with van der Waals surface area (Å²) in [5, 5.41) is 27.4. The molecular weight excluding hydrogens is 306 g/mol. The van der Waals surface area contributed by atoms with Gasteiger partial charge in [0.2, 0.25) is 0 Å². The number of hydrogen-bond donors (Lipinski definition) is 3. The summed E-state index contributed by atoms with van der Waals surface area (Å²) >= 11 is 0. The highest BCUT2D eigenvalue weighted by atomic mass is 16.3. The predicted molar refractivity (Wildman–Crippen MR) is 95.0 cm³/mol. The van der Waals surface area contributed by atoms with Crippen molar-refractivity contribution in [1.29, 1.82) is 0 Å². The molecule has 0 aromatic carbocycles. The first-order valence-corrected chi connectivity index (χ1v) is 8.80. The Labute approximate surface area is 143 Å². The lowest BCUT2D eigenvalue weighted by atomic mass is 10.1. The number of unbranched alkanes of at least 4 members (excludes halogenated alkanes) is 1. The summed E-state index contributed by atoms with van der Waals surface area (Å²) in [6, 6.07) is 0. The monoisotopic (exact) mass is 335 g/mol. The summed E-state index contributed by atoms with van der Waals surface area (Å²) < 4.78 is 1.98. The minimum absolute atomic E-state index is 0.228. The number of anilines is 1. The maximum absolute atomic E-state index is 9.48. The first kappa shape index (κ1) is 18.6. The third kappa shape index (κ3) is 4.64. The Morgan fingerprint density at radius 1 is 1.29 bits per heavy atom. The van der Waals surface area contributed by atoms with Gasteiger partial charge in [-0.15, -0.1) is 0 Å². The van der Waals surface area contributed by atoms with E-state index in [-0.39, 0.29) is 6.61 Å². The molecule has 0 bridgehead atoms. The Balaban J connectivity index is 2.30. The molecule has 7 heteroatoms. The number of fused-ring (bicyclic) bond motifs is 1. The molecule has 0 fully saturated rings. The van der Waals surface area contributed by atoms with Gasteiger partial charge in [-0.2, -0.15) is 5.10 Å². The number of rotatable bonds is 10. The van der Waals surface area contributed by atoms with Crippen molar-refractivity contribution in [3.8, 4) is 0 Å². The molecule has 0 aliphatic carbocycles. The summed E-state index contributed by atoms with van der Waals surface area (Å²) in [6.45, 7) is 7.67. The van der Waals surface area contributed by atoms with Crippen LogP contribution < -0.4 is 5.32 Å². The van der Waals surface area contributed by atoms with E-state index in [4.69, 9.17) is 10.2 Å². The lowest BCUT2D eigenvalue weighted by Crippen LogP contribution is -2.17. The molecular formula is C17H29N5O2. The van der Waals surface area contributed by atoms with Gasteiger partial charge in [-0.1, -0.05) is 27.2 Å². The van der Waals surface area contributed by atoms with Crippen LogP contribution in [0.3, 0.4) is 0 Å². The molecule has 1 atom stereocenters. The topological polar surface area (TPSA) is 96.1 Å². The number of aliphatic hydroxyl groups is 2. The van der Waals surface area contributed by atoms with E-state index in [1.54, 1.807) is 6.33 Å². The van der Waals surface area contributed by atoms with Crippen LogP contribution in [0.25, 0.3) is 11.0 Å². The largest absolute Gasteiger partial charge is 0.394 e. The van der Waals surface area contributed by atoms with Crippen molar-refractivity contribution < 1.29 is 10.2 Å². The highest BCUT2D eigenvalue weighted by Crippen LogP contribution is 2.25. The van der Waals surface area contributed by atoms with Gasteiger partial charge in [-0.05, 0) is 25.2 Å². The van der Waals surface area contributed by atoms with E-state index in [0.717, 1.165) is 48.4 Å². The molecule has 2 rings (SSSR count). The summed E-state index contributed by atoms with van der Waals surface area (Å²) in [5.41, 5.74) is 1.88. The van der Waals surface area contributed by atoms with Crippen LogP contribution in [-0.4, -0.2) is 49.2 Å². The van der Waals surface area contributed by atoms with Crippen molar-refractivity contribution in [2.24, 2.45) is 5.92 Å². The Bertz CT molecular complexity index is 641. The molecule has 134 valence electrons. The number of nitrogens with zero attached hydrogens (tertiary/aromatic N) is 4. The quantitative estimate of drug-likeness (QED) is 0.614. The molecule has 2 heterocycles. The van der Waals surface area contributed by atoms with Gasteiger partial charge in [0, 0.05) is 13.1 Å². The average molecular weight is 335 g/mol. The second-order valence-electron chi connectivity index (χ2n) is 6.59. The molecule has 1 unspecified atom stereocenters. The number of nitrogens with one attached hydrogen (secondary N) is 1. The van der Waals surface area contributed by atoms with Gasteiger partial charge >= 0.3 is 0 Å². The maximum Gasteiger partial charge on any atom is 0.163 e. The van der Waals surface area contributed by atoms with Crippen LogP contribution in [0.15, 0.2) is 6.33 Å². The fraction of sp³-hybridized carbons (Fsp3) is 0.706. The zero-order valence-electron chi connectivity index (χ0n) is 14.9. The van der Waals surface area contributed by atoms with Crippen molar-refractivity contribution in [3.63, 3.8) is 0 Å². The zero-order valence-corrected chi connectivity index (χ0v) is 14.9. The SMILES string of the molecule is CCCCn1nc(CC(C)C)c2c(NCCC(O)CO)ncnc21. The van der Waals surface area contributed by atoms with Crippen LogP contribution in [0.5, 0.6) is 0 Å². The highest BCUT2D eigenvalue weighted by molar-refractivity contribution is 5.89. The summed E-state index contributed by atoms with van der Waals surface area (Å²) in [6.07, 6.45) is 4.35. The number of hydrogen-bond acceptors (Lipinski definition) is 6. The van der Waals surface area contributed by atoms with Crippen LogP contribution in [0, 0.1) is 5.92 Å². The number of aromatic nitrogens is 4. The first-order chi connectivity index (χ1) is 11.6. The minimum Gasteiger partial charge on any atom is -0.394 e. The fourth-order valence-electron chi connectivity index (χ4n) is 2.66. The Hall–Kier alpha value is -1.73. The van der Waals surface area contributed by atoms with E-state index in [1.165, 1.54) is 0 Å². The van der Waals surface area contributed by atoms with Crippen molar-refractivity contribution in [2.75, 3.05) is 18.5 Å². The molecule has 0 saturated heterocycles. The van der Waals surface area contributed by atoms with Gasteiger partial charge in [0.05, 0.1) is 23.8 Å². The molecule has 0 aliphatic heterocycles. The smallest absolute Gasteiger partial charge is 0.163 e. The van der Waals surface area contributed by atoms with Gasteiger partial charge < -0.3 is 15.5 Å². The van der Waals surface area contributed by atoms with Gasteiger partial charge in [0.25, 0.3) is 0 Å². The lowest BCUT2D eigenvalue weighted by Gasteiger charge is -2.10. The molecule has 2 aromatic heterocycles. The van der Waals surface area contributed by atoms with Gasteiger partial charge in [0.1, 0.15) is 12.1 Å². The molecule has 0 spiro atoms. The van der Waals surface area contributed by atoms with Crippen LogP contribution >= 0.6 is 0 Å². The average Bonchev–Trinajstić information content (AvgIpc) is 2.90. The molecule has 2 aromatic rings. The third-order valence-electron chi connectivity index (χ3n) is 3.91. The van der Waals surface area contributed by atoms with Gasteiger partial charge in [-0.3, -0.25) is 0 Å². The number of aryl methyl sites for hydroxylation is 1. The second-order valence-corrected chi connectivity index (χ2v) is 6.59. The minimum atomic E-state index is -0.711. The third-order valence-corrected chi connectivity index (χ3v) is 3.91. The predicted octanol–water partition coefficient (Wildman–Crippen LogP) is 1.98. The Kier molecular flexibility index (Phi) is 6.93. The Morgan fingerprint density at radius 2 is 2.08 bits per heavy atom. The van der Waals surface area contributed by atoms with Crippen LogP contribution in [-0.2, 0) is 13.0 Å². The van der Waals surface area contributed by atoms with Crippen molar-refractivity contribution >= 4 is 16.9 Å². The zero-order chi connectivity index (χ0) is 17.5. The van der Waals surface area contributed by atoms with Crippen molar-refractivity contribution in [3.05, 3.63) is 12.0 Å². The summed E-state index contributed by atoms with van der Waals surface area (Å²) in [7, 11) is 0. The first-order valence-electron chi connectivity index (χ1n) is 8.80. The summed E-state index contributed by atoms with van der Waals surface area (Å²) in [4.78, 5) is 8.81. The van der Waals surface area contributed by atoms with E-state index < -0.39 is 6.10 Å². The second kappa shape index (κ2) is 8.94. The van der Waals surface area contributed by atoms with E-state index in [9.17, 15) is 5.11 Å². The van der Waals surface area contributed by atoms with Gasteiger partial charge in [0.15, 0.2) is 5.65 Å². The normalized spacial score (nSPS) is 12.9. The standard InChI is InChI=1S/C17H29N5O2/c1-4-5-8-22-17-15(14(21-22)9-12(2)3)16(19-11-20-17)18-7-6-13(24)10-23/h11-13,23-24H,4-10H2,1-3H3,(H,18,19,20). The molecule has 7 nitrogen and oxygen atoms in total. The van der Waals surface area contributed by atoms with E-state index in [1.807, 2.05) is 4.68 Å². The van der Waals surface area contributed by atoms with E-state index in [2.05, 4.69) is 36.1 Å². The van der Waals surface area contributed by atoms with Crippen molar-refractivity contribution in [1.82, 2.24) is 19.7 Å². The molecule has 0 amide bonds.